The minimum absolute atomic E-state index is 0.229. The second kappa shape index (κ2) is 6.00. The van der Waals surface area contributed by atoms with Crippen LogP contribution in [-0.4, -0.2) is 6.29 Å². The number of rotatable bonds is 5. The fourth-order valence-electron chi connectivity index (χ4n) is 2.19. The smallest absolute Gasteiger partial charge is 0.122 e. The maximum absolute atomic E-state index is 10.5. The number of allylic oxidation sites excluding steroid dienone is 2. The van der Waals surface area contributed by atoms with E-state index >= 15 is 0 Å². The van der Waals surface area contributed by atoms with Gasteiger partial charge in [-0.2, -0.15) is 0 Å². The predicted molar refractivity (Wildman–Crippen MR) is 60.2 cm³/mol. The lowest BCUT2D eigenvalue weighted by Gasteiger charge is -2.10. The van der Waals surface area contributed by atoms with Gasteiger partial charge < -0.3 is 4.79 Å². The van der Waals surface area contributed by atoms with Gasteiger partial charge in [0.15, 0.2) is 0 Å². The molecular weight excluding hydrogens is 172 g/mol. The van der Waals surface area contributed by atoms with Crippen LogP contribution in [0.4, 0.5) is 0 Å². The summed E-state index contributed by atoms with van der Waals surface area (Å²) in [6.45, 7) is 4.25. The molecule has 0 aromatic heterocycles. The Morgan fingerprint density at radius 2 is 1.93 bits per heavy atom. The Bertz CT molecular complexity index is 197. The van der Waals surface area contributed by atoms with Crippen molar-refractivity contribution in [1.82, 2.24) is 0 Å². The van der Waals surface area contributed by atoms with Crippen LogP contribution in [0.5, 0.6) is 0 Å². The van der Waals surface area contributed by atoms with Crippen LogP contribution in [0.3, 0.4) is 0 Å². The summed E-state index contributed by atoms with van der Waals surface area (Å²) >= 11 is 0. The molecule has 0 heterocycles. The fraction of sp³-hybridized carbons (Fsp3) is 0.769. The minimum atomic E-state index is 0.229. The Kier molecular flexibility index (Phi) is 4.92. The SMILES string of the molecule is CC(C=O)CC(C)CC=C1CCCC1. The summed E-state index contributed by atoms with van der Waals surface area (Å²) < 4.78 is 0. The zero-order chi connectivity index (χ0) is 10.4. The Labute approximate surface area is 87.6 Å². The molecule has 1 aliphatic carbocycles. The monoisotopic (exact) mass is 194 g/mol. The molecule has 14 heavy (non-hydrogen) atoms. The molecule has 2 unspecified atom stereocenters. The molecule has 80 valence electrons. The normalized spacial score (nSPS) is 20.6. The molecule has 0 saturated heterocycles. The number of carbonyl (C=O) groups is 1. The molecule has 1 heteroatoms. The summed E-state index contributed by atoms with van der Waals surface area (Å²) in [6, 6.07) is 0. The first kappa shape index (κ1) is 11.5. The number of aldehydes is 1. The van der Waals surface area contributed by atoms with E-state index < -0.39 is 0 Å². The van der Waals surface area contributed by atoms with Gasteiger partial charge >= 0.3 is 0 Å². The molecule has 0 radical (unpaired) electrons. The van der Waals surface area contributed by atoms with Gasteiger partial charge in [0.2, 0.25) is 0 Å². The third kappa shape index (κ3) is 4.08. The molecule has 1 rings (SSSR count). The van der Waals surface area contributed by atoms with Crippen LogP contribution in [0, 0.1) is 11.8 Å². The van der Waals surface area contributed by atoms with Crippen molar-refractivity contribution >= 4 is 6.29 Å². The van der Waals surface area contributed by atoms with Crippen molar-refractivity contribution < 1.29 is 4.79 Å². The summed E-state index contributed by atoms with van der Waals surface area (Å²) in [5.74, 6) is 0.885. The van der Waals surface area contributed by atoms with Crippen molar-refractivity contribution in [2.75, 3.05) is 0 Å². The molecule has 1 saturated carbocycles. The second-order valence-electron chi connectivity index (χ2n) is 4.76. The predicted octanol–water partition coefficient (Wildman–Crippen LogP) is 3.74. The molecule has 0 aromatic carbocycles. The molecule has 1 fully saturated rings. The standard InChI is InChI=1S/C13H22O/c1-11(9-12(2)10-14)7-8-13-5-3-4-6-13/h8,10-12H,3-7,9H2,1-2H3. The second-order valence-corrected chi connectivity index (χ2v) is 4.76. The number of carbonyl (C=O) groups excluding carboxylic acids is 1. The lowest BCUT2D eigenvalue weighted by atomic mass is 9.94. The first-order valence-electron chi connectivity index (χ1n) is 5.85. The van der Waals surface area contributed by atoms with E-state index in [1.807, 2.05) is 6.92 Å². The van der Waals surface area contributed by atoms with Gasteiger partial charge in [0.05, 0.1) is 0 Å². The van der Waals surface area contributed by atoms with E-state index in [1.54, 1.807) is 5.57 Å². The van der Waals surface area contributed by atoms with Crippen LogP contribution in [0.2, 0.25) is 0 Å². The highest BCUT2D eigenvalue weighted by atomic mass is 16.1. The van der Waals surface area contributed by atoms with Gasteiger partial charge in [-0.15, -0.1) is 0 Å². The number of hydrogen-bond acceptors (Lipinski definition) is 1. The number of hydrogen-bond donors (Lipinski definition) is 0. The van der Waals surface area contributed by atoms with Crippen LogP contribution in [0.25, 0.3) is 0 Å². The molecule has 0 bridgehead atoms. The van der Waals surface area contributed by atoms with Gasteiger partial charge in [-0.05, 0) is 44.4 Å². The lowest BCUT2D eigenvalue weighted by Crippen LogP contribution is -2.03. The first-order chi connectivity index (χ1) is 6.72. The van der Waals surface area contributed by atoms with Gasteiger partial charge in [0, 0.05) is 5.92 Å². The molecule has 1 nitrogen and oxygen atoms in total. The quantitative estimate of drug-likeness (QED) is 0.481. The summed E-state index contributed by atoms with van der Waals surface area (Å²) in [4.78, 5) is 10.5. The maximum Gasteiger partial charge on any atom is 0.122 e. The van der Waals surface area contributed by atoms with Crippen molar-refractivity contribution in [2.24, 2.45) is 11.8 Å². The highest BCUT2D eigenvalue weighted by Gasteiger charge is 2.09. The largest absolute Gasteiger partial charge is 0.303 e. The molecule has 0 spiro atoms. The molecule has 2 atom stereocenters. The van der Waals surface area contributed by atoms with Crippen LogP contribution in [0.1, 0.15) is 52.4 Å². The third-order valence-electron chi connectivity index (χ3n) is 3.06. The van der Waals surface area contributed by atoms with Crippen molar-refractivity contribution in [1.29, 1.82) is 0 Å². The highest BCUT2D eigenvalue weighted by molar-refractivity contribution is 5.52. The molecule has 0 aliphatic heterocycles. The van der Waals surface area contributed by atoms with Crippen LogP contribution >= 0.6 is 0 Å². The molecule has 0 amide bonds. The average Bonchev–Trinajstić information content (AvgIpc) is 2.67. The topological polar surface area (TPSA) is 17.1 Å². The van der Waals surface area contributed by atoms with Crippen molar-refractivity contribution in [3.05, 3.63) is 11.6 Å². The van der Waals surface area contributed by atoms with E-state index in [0.717, 1.165) is 19.1 Å². The van der Waals surface area contributed by atoms with Crippen molar-refractivity contribution in [3.63, 3.8) is 0 Å². The summed E-state index contributed by atoms with van der Waals surface area (Å²) in [6.07, 6.45) is 11.1. The third-order valence-corrected chi connectivity index (χ3v) is 3.06. The van der Waals surface area contributed by atoms with Crippen LogP contribution in [-0.2, 0) is 4.79 Å². The van der Waals surface area contributed by atoms with Crippen molar-refractivity contribution in [3.8, 4) is 0 Å². The molecular formula is C13H22O. The van der Waals surface area contributed by atoms with Gasteiger partial charge in [-0.25, -0.2) is 0 Å². The summed E-state index contributed by atoms with van der Waals surface area (Å²) in [7, 11) is 0. The zero-order valence-electron chi connectivity index (χ0n) is 9.46. The van der Waals surface area contributed by atoms with Gasteiger partial charge in [0.1, 0.15) is 6.29 Å². The van der Waals surface area contributed by atoms with Gasteiger partial charge in [0.25, 0.3) is 0 Å². The van der Waals surface area contributed by atoms with Crippen LogP contribution in [0.15, 0.2) is 11.6 Å². The average molecular weight is 194 g/mol. The Hall–Kier alpha value is -0.590. The van der Waals surface area contributed by atoms with Gasteiger partial charge in [-0.1, -0.05) is 25.5 Å². The van der Waals surface area contributed by atoms with E-state index in [-0.39, 0.29) is 5.92 Å². The maximum atomic E-state index is 10.5. The zero-order valence-corrected chi connectivity index (χ0v) is 9.46. The van der Waals surface area contributed by atoms with E-state index in [9.17, 15) is 4.79 Å². The highest BCUT2D eigenvalue weighted by Crippen LogP contribution is 2.25. The molecule has 0 N–H and O–H groups in total. The first-order valence-corrected chi connectivity index (χ1v) is 5.85. The lowest BCUT2D eigenvalue weighted by molar-refractivity contribution is -0.111. The Balaban J connectivity index is 2.22. The molecule has 1 aliphatic rings. The van der Waals surface area contributed by atoms with E-state index in [1.165, 1.54) is 25.7 Å². The minimum Gasteiger partial charge on any atom is -0.303 e. The van der Waals surface area contributed by atoms with Crippen LogP contribution < -0.4 is 0 Å². The molecule has 0 aromatic rings. The summed E-state index contributed by atoms with van der Waals surface area (Å²) in [5.41, 5.74) is 1.65. The van der Waals surface area contributed by atoms with E-state index in [4.69, 9.17) is 0 Å². The van der Waals surface area contributed by atoms with E-state index in [2.05, 4.69) is 13.0 Å². The Morgan fingerprint density at radius 3 is 2.50 bits per heavy atom. The van der Waals surface area contributed by atoms with Gasteiger partial charge in [-0.3, -0.25) is 0 Å². The Morgan fingerprint density at radius 1 is 1.29 bits per heavy atom. The van der Waals surface area contributed by atoms with E-state index in [0.29, 0.717) is 5.92 Å². The fourth-order valence-corrected chi connectivity index (χ4v) is 2.19. The summed E-state index contributed by atoms with van der Waals surface area (Å²) in [5, 5.41) is 0. The van der Waals surface area contributed by atoms with Crippen molar-refractivity contribution in [2.45, 2.75) is 52.4 Å².